The minimum atomic E-state index is -0.366. The number of amides is 1. The van der Waals surface area contributed by atoms with E-state index in [1.807, 2.05) is 12.1 Å². The SMILES string of the molecule is CCOC(=O)C=Cc1ccc(NC(=O)CCCCN)cc1. The third kappa shape index (κ3) is 7.27. The summed E-state index contributed by atoms with van der Waals surface area (Å²) in [6, 6.07) is 7.24. The predicted octanol–water partition coefficient (Wildman–Crippen LogP) is 2.33. The van der Waals surface area contributed by atoms with Crippen molar-refractivity contribution in [2.45, 2.75) is 26.2 Å². The largest absolute Gasteiger partial charge is 0.463 e. The number of anilines is 1. The zero-order chi connectivity index (χ0) is 15.5. The minimum Gasteiger partial charge on any atom is -0.463 e. The normalized spacial score (nSPS) is 10.6. The van der Waals surface area contributed by atoms with E-state index in [9.17, 15) is 9.59 Å². The lowest BCUT2D eigenvalue weighted by Gasteiger charge is -2.05. The highest BCUT2D eigenvalue weighted by atomic mass is 16.5. The molecule has 5 heteroatoms. The van der Waals surface area contributed by atoms with Gasteiger partial charge in [0.1, 0.15) is 0 Å². The maximum Gasteiger partial charge on any atom is 0.330 e. The zero-order valence-corrected chi connectivity index (χ0v) is 12.3. The van der Waals surface area contributed by atoms with Gasteiger partial charge in [0.05, 0.1) is 6.61 Å². The van der Waals surface area contributed by atoms with Gasteiger partial charge in [0, 0.05) is 18.2 Å². The van der Waals surface area contributed by atoms with E-state index in [2.05, 4.69) is 5.32 Å². The van der Waals surface area contributed by atoms with Gasteiger partial charge in [0.25, 0.3) is 0 Å². The van der Waals surface area contributed by atoms with Gasteiger partial charge in [-0.3, -0.25) is 4.79 Å². The molecule has 21 heavy (non-hydrogen) atoms. The molecule has 0 radical (unpaired) electrons. The van der Waals surface area contributed by atoms with E-state index in [1.165, 1.54) is 6.08 Å². The van der Waals surface area contributed by atoms with Crippen LogP contribution in [0, 0.1) is 0 Å². The van der Waals surface area contributed by atoms with Crippen LogP contribution in [0.15, 0.2) is 30.3 Å². The third-order valence-corrected chi connectivity index (χ3v) is 2.75. The van der Waals surface area contributed by atoms with Gasteiger partial charge in [-0.25, -0.2) is 4.79 Å². The number of hydrogen-bond donors (Lipinski definition) is 2. The molecule has 0 saturated carbocycles. The van der Waals surface area contributed by atoms with Gasteiger partial charge in [0.2, 0.25) is 5.91 Å². The minimum absolute atomic E-state index is 0.0155. The first-order valence-electron chi connectivity index (χ1n) is 7.10. The molecule has 1 aromatic carbocycles. The van der Waals surface area contributed by atoms with Crippen LogP contribution in [0.25, 0.3) is 6.08 Å². The summed E-state index contributed by atoms with van der Waals surface area (Å²) in [6.45, 7) is 2.73. The van der Waals surface area contributed by atoms with Gasteiger partial charge in [-0.2, -0.15) is 0 Å². The van der Waals surface area contributed by atoms with Crippen LogP contribution in [0.1, 0.15) is 31.7 Å². The molecule has 0 aliphatic rings. The Morgan fingerprint density at radius 3 is 2.57 bits per heavy atom. The number of carbonyl (C=O) groups is 2. The number of benzene rings is 1. The van der Waals surface area contributed by atoms with Crippen LogP contribution >= 0.6 is 0 Å². The first kappa shape index (κ1) is 16.9. The molecule has 0 unspecified atom stereocenters. The number of rotatable bonds is 8. The molecule has 3 N–H and O–H groups in total. The Labute approximate surface area is 125 Å². The van der Waals surface area contributed by atoms with E-state index in [0.717, 1.165) is 24.1 Å². The molecule has 0 aliphatic carbocycles. The second kappa shape index (κ2) is 9.72. The van der Waals surface area contributed by atoms with Crippen LogP contribution in [0.4, 0.5) is 5.69 Å². The molecule has 0 saturated heterocycles. The van der Waals surface area contributed by atoms with Crippen molar-refractivity contribution in [2.24, 2.45) is 5.73 Å². The molecule has 0 aromatic heterocycles. The van der Waals surface area contributed by atoms with E-state index in [-0.39, 0.29) is 11.9 Å². The molecule has 1 amide bonds. The second-order valence-corrected chi connectivity index (χ2v) is 4.50. The molecule has 114 valence electrons. The fourth-order valence-electron chi connectivity index (χ4n) is 1.69. The molecule has 0 fully saturated rings. The predicted molar refractivity (Wildman–Crippen MR) is 83.6 cm³/mol. The Bertz CT molecular complexity index is 481. The average molecular weight is 290 g/mol. The lowest BCUT2D eigenvalue weighted by molar-refractivity contribution is -0.137. The Balaban J connectivity index is 2.46. The molecular formula is C16H22N2O3. The molecule has 0 heterocycles. The summed E-state index contributed by atoms with van der Waals surface area (Å²) in [5.74, 6) is -0.381. The van der Waals surface area contributed by atoms with Crippen LogP contribution in [-0.2, 0) is 14.3 Å². The van der Waals surface area contributed by atoms with Crippen molar-refractivity contribution in [1.82, 2.24) is 0 Å². The van der Waals surface area contributed by atoms with Crippen molar-refractivity contribution in [3.05, 3.63) is 35.9 Å². The average Bonchev–Trinajstić information content (AvgIpc) is 2.47. The maximum atomic E-state index is 11.6. The molecule has 0 spiro atoms. The van der Waals surface area contributed by atoms with Gasteiger partial charge in [-0.15, -0.1) is 0 Å². The van der Waals surface area contributed by atoms with Gasteiger partial charge in [-0.1, -0.05) is 12.1 Å². The van der Waals surface area contributed by atoms with Crippen molar-refractivity contribution in [1.29, 1.82) is 0 Å². The van der Waals surface area contributed by atoms with Gasteiger partial charge >= 0.3 is 5.97 Å². The lowest BCUT2D eigenvalue weighted by atomic mass is 10.2. The number of hydrogen-bond acceptors (Lipinski definition) is 4. The van der Waals surface area contributed by atoms with E-state index in [0.29, 0.717) is 19.6 Å². The Kier molecular flexibility index (Phi) is 7.82. The van der Waals surface area contributed by atoms with Crippen molar-refractivity contribution >= 4 is 23.6 Å². The number of nitrogens with one attached hydrogen (secondary N) is 1. The topological polar surface area (TPSA) is 81.4 Å². The molecule has 0 atom stereocenters. The summed E-state index contributed by atoms with van der Waals surface area (Å²) in [5, 5.41) is 2.82. The summed E-state index contributed by atoms with van der Waals surface area (Å²) in [6.07, 6.45) is 5.17. The molecule has 1 aromatic rings. The van der Waals surface area contributed by atoms with Gasteiger partial charge in [0.15, 0.2) is 0 Å². The summed E-state index contributed by atoms with van der Waals surface area (Å²) in [7, 11) is 0. The van der Waals surface area contributed by atoms with Gasteiger partial charge < -0.3 is 15.8 Å². The monoisotopic (exact) mass is 290 g/mol. The van der Waals surface area contributed by atoms with Gasteiger partial charge in [-0.05, 0) is 50.1 Å². The summed E-state index contributed by atoms with van der Waals surface area (Å²) < 4.78 is 4.80. The highest BCUT2D eigenvalue weighted by Gasteiger charge is 2.01. The highest BCUT2D eigenvalue weighted by molar-refractivity contribution is 5.91. The lowest BCUT2D eigenvalue weighted by Crippen LogP contribution is -2.11. The standard InChI is InChI=1S/C16H22N2O3/c1-2-21-16(20)11-8-13-6-9-14(10-7-13)18-15(19)5-3-4-12-17/h6-11H,2-5,12,17H2,1H3,(H,18,19). The number of carbonyl (C=O) groups excluding carboxylic acids is 2. The van der Waals surface area contributed by atoms with Crippen molar-refractivity contribution in [3.63, 3.8) is 0 Å². The van der Waals surface area contributed by atoms with Crippen LogP contribution in [0.3, 0.4) is 0 Å². The van der Waals surface area contributed by atoms with E-state index >= 15 is 0 Å². The quantitative estimate of drug-likeness (QED) is 0.437. The number of ether oxygens (including phenoxy) is 1. The highest BCUT2D eigenvalue weighted by Crippen LogP contribution is 2.11. The number of nitrogens with two attached hydrogens (primary N) is 1. The van der Waals surface area contributed by atoms with E-state index in [1.54, 1.807) is 25.1 Å². The third-order valence-electron chi connectivity index (χ3n) is 2.75. The van der Waals surface area contributed by atoms with Crippen molar-refractivity contribution in [2.75, 3.05) is 18.5 Å². The second-order valence-electron chi connectivity index (χ2n) is 4.50. The number of esters is 1. The van der Waals surface area contributed by atoms with Crippen LogP contribution < -0.4 is 11.1 Å². The van der Waals surface area contributed by atoms with E-state index in [4.69, 9.17) is 10.5 Å². The van der Waals surface area contributed by atoms with Crippen LogP contribution in [0.2, 0.25) is 0 Å². The summed E-state index contributed by atoms with van der Waals surface area (Å²) in [5.41, 5.74) is 6.98. The fourth-order valence-corrected chi connectivity index (χ4v) is 1.69. The zero-order valence-electron chi connectivity index (χ0n) is 12.3. The fraction of sp³-hybridized carbons (Fsp3) is 0.375. The Hall–Kier alpha value is -2.14. The maximum absolute atomic E-state index is 11.6. The summed E-state index contributed by atoms with van der Waals surface area (Å²) in [4.78, 5) is 22.8. The molecule has 1 rings (SSSR count). The Morgan fingerprint density at radius 1 is 1.24 bits per heavy atom. The molecular weight excluding hydrogens is 268 g/mol. The van der Waals surface area contributed by atoms with Crippen LogP contribution in [0.5, 0.6) is 0 Å². The summed E-state index contributed by atoms with van der Waals surface area (Å²) >= 11 is 0. The smallest absolute Gasteiger partial charge is 0.330 e. The Morgan fingerprint density at radius 2 is 1.95 bits per heavy atom. The molecule has 0 aliphatic heterocycles. The first-order valence-corrected chi connectivity index (χ1v) is 7.10. The number of unbranched alkanes of at least 4 members (excludes halogenated alkanes) is 1. The first-order chi connectivity index (χ1) is 10.2. The molecule has 0 bridgehead atoms. The van der Waals surface area contributed by atoms with E-state index < -0.39 is 0 Å². The van der Waals surface area contributed by atoms with Crippen molar-refractivity contribution < 1.29 is 14.3 Å². The van der Waals surface area contributed by atoms with Crippen LogP contribution in [-0.4, -0.2) is 25.0 Å². The van der Waals surface area contributed by atoms with Crippen molar-refractivity contribution in [3.8, 4) is 0 Å². The molecule has 5 nitrogen and oxygen atoms in total.